The SMILES string of the molecule is CCOc1ccccc1C1C[C@H](O)c2ccccc2O1. The second-order valence-electron chi connectivity index (χ2n) is 4.87. The summed E-state index contributed by atoms with van der Waals surface area (Å²) < 4.78 is 11.7. The van der Waals surface area contributed by atoms with E-state index >= 15 is 0 Å². The first kappa shape index (κ1) is 13.0. The quantitative estimate of drug-likeness (QED) is 0.925. The Hall–Kier alpha value is -2.00. The van der Waals surface area contributed by atoms with Crippen LogP contribution >= 0.6 is 0 Å². The predicted octanol–water partition coefficient (Wildman–Crippen LogP) is 3.64. The Bertz CT molecular complexity index is 594. The van der Waals surface area contributed by atoms with Crippen molar-refractivity contribution >= 4 is 0 Å². The van der Waals surface area contributed by atoms with Gasteiger partial charge in [0.05, 0.1) is 12.7 Å². The number of fused-ring (bicyclic) bond motifs is 1. The topological polar surface area (TPSA) is 38.7 Å². The van der Waals surface area contributed by atoms with Crippen LogP contribution in [0.3, 0.4) is 0 Å². The Morgan fingerprint density at radius 1 is 1.10 bits per heavy atom. The highest BCUT2D eigenvalue weighted by Crippen LogP contribution is 2.42. The van der Waals surface area contributed by atoms with Crippen LogP contribution in [-0.4, -0.2) is 11.7 Å². The molecule has 2 aromatic carbocycles. The zero-order valence-corrected chi connectivity index (χ0v) is 11.5. The Morgan fingerprint density at radius 2 is 1.80 bits per heavy atom. The molecule has 1 aliphatic rings. The van der Waals surface area contributed by atoms with Gasteiger partial charge in [-0.25, -0.2) is 0 Å². The van der Waals surface area contributed by atoms with Crippen LogP contribution in [0.5, 0.6) is 11.5 Å². The van der Waals surface area contributed by atoms with Gasteiger partial charge in [0.2, 0.25) is 0 Å². The maximum atomic E-state index is 10.3. The van der Waals surface area contributed by atoms with Crippen molar-refractivity contribution in [1.82, 2.24) is 0 Å². The lowest BCUT2D eigenvalue weighted by atomic mass is 9.94. The zero-order chi connectivity index (χ0) is 13.9. The Labute approximate surface area is 118 Å². The summed E-state index contributed by atoms with van der Waals surface area (Å²) in [5.41, 5.74) is 1.85. The highest BCUT2D eigenvalue weighted by Gasteiger charge is 2.29. The van der Waals surface area contributed by atoms with Crippen LogP contribution in [0.2, 0.25) is 0 Å². The van der Waals surface area contributed by atoms with Crippen molar-refractivity contribution in [2.45, 2.75) is 25.6 Å². The van der Waals surface area contributed by atoms with E-state index in [1.165, 1.54) is 0 Å². The molecule has 1 unspecified atom stereocenters. The number of aliphatic hydroxyl groups excluding tert-OH is 1. The molecular formula is C17H18O3. The molecule has 104 valence electrons. The van der Waals surface area contributed by atoms with Crippen molar-refractivity contribution < 1.29 is 14.6 Å². The fourth-order valence-corrected chi connectivity index (χ4v) is 2.62. The van der Waals surface area contributed by atoms with Crippen molar-refractivity contribution in [3.05, 3.63) is 59.7 Å². The number of aliphatic hydroxyl groups is 1. The fraction of sp³-hybridized carbons (Fsp3) is 0.294. The lowest BCUT2D eigenvalue weighted by molar-refractivity contribution is 0.0642. The normalized spacial score (nSPS) is 20.9. The maximum Gasteiger partial charge on any atom is 0.130 e. The monoisotopic (exact) mass is 270 g/mol. The first-order chi connectivity index (χ1) is 9.79. The zero-order valence-electron chi connectivity index (χ0n) is 11.5. The van der Waals surface area contributed by atoms with Gasteiger partial charge in [-0.15, -0.1) is 0 Å². The fourth-order valence-electron chi connectivity index (χ4n) is 2.62. The number of ether oxygens (including phenoxy) is 2. The molecule has 1 aliphatic heterocycles. The molecule has 2 atom stereocenters. The first-order valence-corrected chi connectivity index (χ1v) is 6.95. The van der Waals surface area contributed by atoms with Gasteiger partial charge in [-0.05, 0) is 19.1 Å². The van der Waals surface area contributed by atoms with Crippen molar-refractivity contribution in [1.29, 1.82) is 0 Å². The van der Waals surface area contributed by atoms with Crippen LogP contribution in [-0.2, 0) is 0 Å². The molecular weight excluding hydrogens is 252 g/mol. The molecule has 0 saturated carbocycles. The molecule has 3 rings (SSSR count). The average molecular weight is 270 g/mol. The van der Waals surface area contributed by atoms with E-state index in [4.69, 9.17) is 9.47 Å². The van der Waals surface area contributed by atoms with E-state index in [0.29, 0.717) is 13.0 Å². The van der Waals surface area contributed by atoms with Crippen LogP contribution in [0.25, 0.3) is 0 Å². The minimum Gasteiger partial charge on any atom is -0.493 e. The molecule has 0 spiro atoms. The van der Waals surface area contributed by atoms with Gasteiger partial charge < -0.3 is 14.6 Å². The van der Waals surface area contributed by atoms with Gasteiger partial charge in [0.1, 0.15) is 17.6 Å². The summed E-state index contributed by atoms with van der Waals surface area (Å²) in [4.78, 5) is 0. The highest BCUT2D eigenvalue weighted by atomic mass is 16.5. The smallest absolute Gasteiger partial charge is 0.130 e. The van der Waals surface area contributed by atoms with Gasteiger partial charge in [-0.3, -0.25) is 0 Å². The van der Waals surface area contributed by atoms with Crippen molar-refractivity contribution in [3.8, 4) is 11.5 Å². The Morgan fingerprint density at radius 3 is 2.60 bits per heavy atom. The third-order valence-electron chi connectivity index (χ3n) is 3.55. The van der Waals surface area contributed by atoms with E-state index in [1.54, 1.807) is 0 Å². The van der Waals surface area contributed by atoms with Crippen LogP contribution in [0.1, 0.15) is 36.7 Å². The van der Waals surface area contributed by atoms with Gasteiger partial charge in [-0.1, -0.05) is 36.4 Å². The Kier molecular flexibility index (Phi) is 3.61. The summed E-state index contributed by atoms with van der Waals surface area (Å²) in [6.07, 6.45) is -0.136. The standard InChI is InChI=1S/C17H18O3/c1-2-19-15-9-5-4-8-13(15)17-11-14(18)12-7-3-6-10-16(12)20-17/h3-10,14,17-18H,2,11H2,1H3/t14-,17?/m0/s1. The first-order valence-electron chi connectivity index (χ1n) is 6.95. The molecule has 1 heterocycles. The minimum atomic E-state index is -0.500. The van der Waals surface area contributed by atoms with E-state index in [0.717, 1.165) is 22.6 Å². The summed E-state index contributed by atoms with van der Waals surface area (Å²) in [5, 5.41) is 10.3. The molecule has 0 radical (unpaired) electrons. The minimum absolute atomic E-state index is 0.178. The number of benzene rings is 2. The predicted molar refractivity (Wildman–Crippen MR) is 77.0 cm³/mol. The molecule has 20 heavy (non-hydrogen) atoms. The largest absolute Gasteiger partial charge is 0.493 e. The molecule has 0 amide bonds. The molecule has 0 bridgehead atoms. The molecule has 0 fully saturated rings. The second kappa shape index (κ2) is 5.55. The van der Waals surface area contributed by atoms with Gasteiger partial charge in [0.15, 0.2) is 0 Å². The van der Waals surface area contributed by atoms with Crippen LogP contribution in [0.15, 0.2) is 48.5 Å². The van der Waals surface area contributed by atoms with E-state index in [-0.39, 0.29) is 6.10 Å². The van der Waals surface area contributed by atoms with E-state index in [1.807, 2.05) is 55.5 Å². The molecule has 0 aromatic heterocycles. The molecule has 0 saturated heterocycles. The average Bonchev–Trinajstić information content (AvgIpc) is 2.48. The van der Waals surface area contributed by atoms with E-state index in [9.17, 15) is 5.11 Å². The maximum absolute atomic E-state index is 10.3. The molecule has 1 N–H and O–H groups in total. The van der Waals surface area contributed by atoms with Crippen LogP contribution in [0, 0.1) is 0 Å². The number of para-hydroxylation sites is 2. The van der Waals surface area contributed by atoms with Gasteiger partial charge >= 0.3 is 0 Å². The van der Waals surface area contributed by atoms with Crippen molar-refractivity contribution in [2.24, 2.45) is 0 Å². The van der Waals surface area contributed by atoms with Crippen LogP contribution in [0.4, 0.5) is 0 Å². The summed E-state index contributed by atoms with van der Waals surface area (Å²) in [7, 11) is 0. The van der Waals surface area contributed by atoms with Crippen molar-refractivity contribution in [2.75, 3.05) is 6.61 Å². The van der Waals surface area contributed by atoms with Crippen LogP contribution < -0.4 is 9.47 Å². The number of hydrogen-bond acceptors (Lipinski definition) is 3. The lowest BCUT2D eigenvalue weighted by Crippen LogP contribution is -2.19. The van der Waals surface area contributed by atoms with Gasteiger partial charge in [0, 0.05) is 17.5 Å². The summed E-state index contributed by atoms with van der Waals surface area (Å²) in [6, 6.07) is 15.5. The van der Waals surface area contributed by atoms with Crippen molar-refractivity contribution in [3.63, 3.8) is 0 Å². The summed E-state index contributed by atoms with van der Waals surface area (Å²) >= 11 is 0. The molecule has 0 aliphatic carbocycles. The molecule has 3 heteroatoms. The van der Waals surface area contributed by atoms with Gasteiger partial charge in [-0.2, -0.15) is 0 Å². The molecule has 3 nitrogen and oxygen atoms in total. The third-order valence-corrected chi connectivity index (χ3v) is 3.55. The number of rotatable bonds is 3. The number of hydrogen-bond donors (Lipinski definition) is 1. The van der Waals surface area contributed by atoms with Gasteiger partial charge in [0.25, 0.3) is 0 Å². The molecule has 2 aromatic rings. The third kappa shape index (κ3) is 2.37. The Balaban J connectivity index is 1.94. The van der Waals surface area contributed by atoms with E-state index in [2.05, 4.69) is 0 Å². The summed E-state index contributed by atoms with van der Waals surface area (Å²) in [6.45, 7) is 2.57. The lowest BCUT2D eigenvalue weighted by Gasteiger charge is -2.30. The second-order valence-corrected chi connectivity index (χ2v) is 4.87. The highest BCUT2D eigenvalue weighted by molar-refractivity contribution is 5.41. The van der Waals surface area contributed by atoms with E-state index < -0.39 is 6.10 Å². The summed E-state index contributed by atoms with van der Waals surface area (Å²) in [5.74, 6) is 1.58.